The fourth-order valence-corrected chi connectivity index (χ4v) is 5.84. The standard InChI is InChI=1S/C25H31N3O2S/c1-2-3-4-5-6-11-22-27-24(23-18-9-7-8-10-21(18)31-25(23)28-22)26-15-17-12-13-19-20(14-17)30-16-29-19/h12-14H,2-11,15-16H2,1H3,(H,26,27,28). The van der Waals surface area contributed by atoms with E-state index >= 15 is 0 Å². The quantitative estimate of drug-likeness (QED) is 0.391. The number of aromatic nitrogens is 2. The minimum absolute atomic E-state index is 0.307. The lowest BCUT2D eigenvalue weighted by Crippen LogP contribution is -2.07. The second kappa shape index (κ2) is 9.43. The lowest BCUT2D eigenvalue weighted by atomic mass is 9.97. The Morgan fingerprint density at radius 1 is 1.00 bits per heavy atom. The Labute approximate surface area is 188 Å². The maximum Gasteiger partial charge on any atom is 0.231 e. The van der Waals surface area contributed by atoms with E-state index in [9.17, 15) is 0 Å². The smallest absolute Gasteiger partial charge is 0.231 e. The number of thiophene rings is 1. The topological polar surface area (TPSA) is 56.3 Å². The van der Waals surface area contributed by atoms with Crippen LogP contribution in [0.5, 0.6) is 11.5 Å². The van der Waals surface area contributed by atoms with Gasteiger partial charge < -0.3 is 14.8 Å². The summed E-state index contributed by atoms with van der Waals surface area (Å²) in [6.45, 7) is 3.28. The first-order valence-electron chi connectivity index (χ1n) is 11.8. The molecule has 1 N–H and O–H groups in total. The molecule has 0 amide bonds. The van der Waals surface area contributed by atoms with Crippen molar-refractivity contribution in [3.8, 4) is 11.5 Å². The summed E-state index contributed by atoms with van der Waals surface area (Å²) in [4.78, 5) is 12.7. The first-order valence-corrected chi connectivity index (χ1v) is 12.6. The van der Waals surface area contributed by atoms with Gasteiger partial charge in [-0.3, -0.25) is 0 Å². The van der Waals surface area contributed by atoms with E-state index in [2.05, 4.69) is 24.4 Å². The first kappa shape index (κ1) is 20.6. The largest absolute Gasteiger partial charge is 0.454 e. The number of nitrogens with zero attached hydrogens (tertiary/aromatic N) is 2. The number of anilines is 1. The maximum absolute atomic E-state index is 5.54. The van der Waals surface area contributed by atoms with Crippen LogP contribution < -0.4 is 14.8 Å². The Balaban J connectivity index is 1.39. The molecule has 3 aromatic rings. The van der Waals surface area contributed by atoms with E-state index in [1.165, 1.54) is 71.2 Å². The van der Waals surface area contributed by atoms with Crippen molar-refractivity contribution in [2.45, 2.75) is 77.7 Å². The molecule has 5 nitrogen and oxygen atoms in total. The third kappa shape index (κ3) is 4.49. The number of hydrogen-bond donors (Lipinski definition) is 1. The van der Waals surface area contributed by atoms with Gasteiger partial charge in [0.2, 0.25) is 6.79 Å². The van der Waals surface area contributed by atoms with Gasteiger partial charge in [-0.05, 0) is 55.4 Å². The molecule has 0 radical (unpaired) electrons. The van der Waals surface area contributed by atoms with Crippen molar-refractivity contribution in [2.75, 3.05) is 12.1 Å². The second-order valence-electron chi connectivity index (χ2n) is 8.58. The SMILES string of the molecule is CCCCCCCc1nc(NCc2ccc3c(c2)OCO3)c2c3c(sc2n1)CCCC3. The molecule has 0 atom stereocenters. The highest BCUT2D eigenvalue weighted by atomic mass is 32.1. The van der Waals surface area contributed by atoms with Gasteiger partial charge >= 0.3 is 0 Å². The van der Waals surface area contributed by atoms with Crippen molar-refractivity contribution in [1.82, 2.24) is 9.97 Å². The molecule has 0 saturated heterocycles. The summed E-state index contributed by atoms with van der Waals surface area (Å²) in [5.74, 6) is 3.64. The van der Waals surface area contributed by atoms with Gasteiger partial charge in [0.15, 0.2) is 11.5 Å². The number of unbranched alkanes of at least 4 members (excludes halogenated alkanes) is 4. The molecule has 3 heterocycles. The third-order valence-corrected chi connectivity index (χ3v) is 7.45. The Kier molecular flexibility index (Phi) is 6.25. The molecule has 6 heteroatoms. The number of fused-ring (bicyclic) bond motifs is 4. The zero-order valence-electron chi connectivity index (χ0n) is 18.3. The van der Waals surface area contributed by atoms with Crippen LogP contribution in [0, 0.1) is 0 Å². The van der Waals surface area contributed by atoms with Crippen LogP contribution in [0.3, 0.4) is 0 Å². The van der Waals surface area contributed by atoms with Gasteiger partial charge in [0, 0.05) is 17.8 Å². The third-order valence-electron chi connectivity index (χ3n) is 6.26. The summed E-state index contributed by atoms with van der Waals surface area (Å²) in [7, 11) is 0. The van der Waals surface area contributed by atoms with Crippen molar-refractivity contribution in [2.24, 2.45) is 0 Å². The Morgan fingerprint density at radius 2 is 1.87 bits per heavy atom. The second-order valence-corrected chi connectivity index (χ2v) is 9.67. The van der Waals surface area contributed by atoms with E-state index in [0.717, 1.165) is 42.4 Å². The normalized spacial score (nSPS) is 14.7. The minimum atomic E-state index is 0.307. The van der Waals surface area contributed by atoms with Crippen LogP contribution in [-0.2, 0) is 25.8 Å². The van der Waals surface area contributed by atoms with Crippen LogP contribution >= 0.6 is 11.3 Å². The predicted octanol–water partition coefficient (Wildman–Crippen LogP) is 6.42. The van der Waals surface area contributed by atoms with E-state index in [1.54, 1.807) is 0 Å². The number of benzene rings is 1. The van der Waals surface area contributed by atoms with Crippen LogP contribution in [0.4, 0.5) is 5.82 Å². The van der Waals surface area contributed by atoms with Crippen molar-refractivity contribution in [3.63, 3.8) is 0 Å². The van der Waals surface area contributed by atoms with Gasteiger partial charge in [-0.25, -0.2) is 9.97 Å². The molecule has 0 saturated carbocycles. The summed E-state index contributed by atoms with van der Waals surface area (Å²) in [6, 6.07) is 6.14. The van der Waals surface area contributed by atoms with Gasteiger partial charge in [0.25, 0.3) is 0 Å². The molecule has 5 rings (SSSR count). The number of rotatable bonds is 9. The van der Waals surface area contributed by atoms with E-state index in [4.69, 9.17) is 19.4 Å². The highest BCUT2D eigenvalue weighted by Gasteiger charge is 2.21. The number of ether oxygens (including phenoxy) is 2. The lowest BCUT2D eigenvalue weighted by molar-refractivity contribution is 0.174. The summed E-state index contributed by atoms with van der Waals surface area (Å²) in [5.41, 5.74) is 2.65. The molecule has 0 fully saturated rings. The van der Waals surface area contributed by atoms with E-state index in [-0.39, 0.29) is 0 Å². The average molecular weight is 438 g/mol. The van der Waals surface area contributed by atoms with Crippen LogP contribution in [0.2, 0.25) is 0 Å². The molecule has 2 aliphatic rings. The Bertz CT molecular complexity index is 1060. The van der Waals surface area contributed by atoms with Crippen LogP contribution in [0.1, 0.15) is 73.7 Å². The summed E-state index contributed by atoms with van der Waals surface area (Å²) >= 11 is 1.89. The molecule has 1 aromatic carbocycles. The van der Waals surface area contributed by atoms with Gasteiger partial charge in [0.1, 0.15) is 16.5 Å². The molecule has 31 heavy (non-hydrogen) atoms. The van der Waals surface area contributed by atoms with Crippen molar-refractivity contribution in [3.05, 3.63) is 40.0 Å². The van der Waals surface area contributed by atoms with Gasteiger partial charge in [0.05, 0.1) is 5.39 Å². The van der Waals surface area contributed by atoms with Crippen LogP contribution in [0.25, 0.3) is 10.2 Å². The number of aryl methyl sites for hydroxylation is 3. The van der Waals surface area contributed by atoms with Crippen molar-refractivity contribution in [1.29, 1.82) is 0 Å². The molecule has 1 aliphatic carbocycles. The molecule has 2 aromatic heterocycles. The summed E-state index contributed by atoms with van der Waals surface area (Å²) in [5, 5.41) is 4.90. The van der Waals surface area contributed by atoms with Crippen LogP contribution in [0.15, 0.2) is 18.2 Å². The maximum atomic E-state index is 5.54. The first-order chi connectivity index (χ1) is 15.3. The summed E-state index contributed by atoms with van der Waals surface area (Å²) < 4.78 is 11.0. The van der Waals surface area contributed by atoms with Crippen molar-refractivity contribution >= 4 is 27.4 Å². The fourth-order valence-electron chi connectivity index (χ4n) is 4.56. The molecular formula is C25H31N3O2S. The monoisotopic (exact) mass is 437 g/mol. The molecule has 1 aliphatic heterocycles. The van der Waals surface area contributed by atoms with E-state index in [1.807, 2.05) is 17.4 Å². The highest BCUT2D eigenvalue weighted by molar-refractivity contribution is 7.19. The highest BCUT2D eigenvalue weighted by Crippen LogP contribution is 2.39. The van der Waals surface area contributed by atoms with Gasteiger partial charge in [-0.15, -0.1) is 11.3 Å². The summed E-state index contributed by atoms with van der Waals surface area (Å²) in [6.07, 6.45) is 12.2. The Hall–Kier alpha value is -2.34. The van der Waals surface area contributed by atoms with Gasteiger partial charge in [-0.1, -0.05) is 38.7 Å². The van der Waals surface area contributed by atoms with Gasteiger partial charge in [-0.2, -0.15) is 0 Å². The molecule has 164 valence electrons. The van der Waals surface area contributed by atoms with Crippen molar-refractivity contribution < 1.29 is 9.47 Å². The fraction of sp³-hybridized carbons (Fsp3) is 0.520. The zero-order valence-corrected chi connectivity index (χ0v) is 19.2. The predicted molar refractivity (Wildman–Crippen MR) is 126 cm³/mol. The van der Waals surface area contributed by atoms with Crippen LogP contribution in [-0.4, -0.2) is 16.8 Å². The minimum Gasteiger partial charge on any atom is -0.454 e. The molecule has 0 bridgehead atoms. The number of nitrogens with one attached hydrogen (secondary N) is 1. The average Bonchev–Trinajstić information content (AvgIpc) is 3.41. The molecular weight excluding hydrogens is 406 g/mol. The van der Waals surface area contributed by atoms with E-state index in [0.29, 0.717) is 13.3 Å². The zero-order chi connectivity index (χ0) is 21.0. The van der Waals surface area contributed by atoms with E-state index < -0.39 is 0 Å². The number of hydrogen-bond acceptors (Lipinski definition) is 6. The molecule has 0 unspecified atom stereocenters. The molecule has 0 spiro atoms. The lowest BCUT2D eigenvalue weighted by Gasteiger charge is -2.14. The Morgan fingerprint density at radius 3 is 2.81 bits per heavy atom.